The molecule has 0 amide bonds. The molecule has 0 saturated carbocycles. The number of nitrogens with zero attached hydrogens (tertiary/aromatic N) is 2. The fourth-order valence-electron chi connectivity index (χ4n) is 4.93. The number of rotatable bonds is 4. The van der Waals surface area contributed by atoms with Crippen LogP contribution in [0.1, 0.15) is 46.2 Å². The molecule has 0 aliphatic carbocycles. The molecule has 32 heavy (non-hydrogen) atoms. The van der Waals surface area contributed by atoms with Gasteiger partial charge < -0.3 is 14.6 Å². The van der Waals surface area contributed by atoms with Gasteiger partial charge in [-0.05, 0) is 58.0 Å². The van der Waals surface area contributed by atoms with Crippen LogP contribution in [0, 0.1) is 5.82 Å². The number of para-hydroxylation sites is 1. The van der Waals surface area contributed by atoms with E-state index in [2.05, 4.69) is 0 Å². The van der Waals surface area contributed by atoms with E-state index < -0.39 is 22.6 Å². The fourth-order valence-corrected chi connectivity index (χ4v) is 5.05. The molecule has 0 bridgehead atoms. The summed E-state index contributed by atoms with van der Waals surface area (Å²) in [5.41, 5.74) is -0.544. The molecule has 170 valence electrons. The van der Waals surface area contributed by atoms with Crippen molar-refractivity contribution in [3.8, 4) is 22.8 Å². The number of methoxy groups -OCH3 is 1. The third kappa shape index (κ3) is 4.27. The van der Waals surface area contributed by atoms with Crippen molar-refractivity contribution in [3.05, 3.63) is 65.2 Å². The van der Waals surface area contributed by atoms with E-state index in [1.54, 1.807) is 23.9 Å². The van der Waals surface area contributed by atoms with Gasteiger partial charge in [0, 0.05) is 19.0 Å². The van der Waals surface area contributed by atoms with Crippen LogP contribution in [0.2, 0.25) is 5.02 Å². The van der Waals surface area contributed by atoms with Crippen LogP contribution < -0.4 is 4.74 Å². The summed E-state index contributed by atoms with van der Waals surface area (Å²) in [5.74, 6) is 0.632. The normalized spacial score (nSPS) is 19.0. The van der Waals surface area contributed by atoms with Crippen LogP contribution in [0.3, 0.4) is 0 Å². The fraction of sp³-hybridized carbons (Fsp3) is 0.400. The predicted molar refractivity (Wildman–Crippen MR) is 123 cm³/mol. The van der Waals surface area contributed by atoms with E-state index in [1.807, 2.05) is 52.0 Å². The van der Waals surface area contributed by atoms with Crippen LogP contribution in [-0.2, 0) is 10.3 Å². The van der Waals surface area contributed by atoms with Gasteiger partial charge in [0.15, 0.2) is 0 Å². The molecule has 2 heterocycles. The molecule has 0 radical (unpaired) electrons. The Morgan fingerprint density at radius 3 is 2.38 bits per heavy atom. The van der Waals surface area contributed by atoms with Crippen LogP contribution in [0.4, 0.5) is 4.39 Å². The third-order valence-electron chi connectivity index (χ3n) is 5.70. The van der Waals surface area contributed by atoms with Crippen molar-refractivity contribution in [1.82, 2.24) is 9.55 Å². The maximum atomic E-state index is 14.3. The Morgan fingerprint density at radius 2 is 1.75 bits per heavy atom. The van der Waals surface area contributed by atoms with Crippen LogP contribution >= 0.6 is 11.6 Å². The number of imidazole rings is 1. The Morgan fingerprint density at radius 1 is 1.09 bits per heavy atom. The number of benzene rings is 2. The van der Waals surface area contributed by atoms with E-state index in [0.717, 1.165) is 5.56 Å². The monoisotopic (exact) mass is 458 g/mol. The predicted octanol–water partition coefficient (Wildman–Crippen LogP) is 5.90. The van der Waals surface area contributed by atoms with Crippen molar-refractivity contribution >= 4 is 11.6 Å². The molecule has 3 aromatic rings. The number of aromatic nitrogens is 2. The molecular weight excluding hydrogens is 431 g/mol. The summed E-state index contributed by atoms with van der Waals surface area (Å²) in [6.07, 6.45) is 2.52. The van der Waals surface area contributed by atoms with Crippen molar-refractivity contribution < 1.29 is 19.0 Å². The van der Waals surface area contributed by atoms with Crippen molar-refractivity contribution in [3.63, 3.8) is 0 Å². The maximum Gasteiger partial charge on any atom is 0.148 e. The average Bonchev–Trinajstić information content (AvgIpc) is 3.13. The van der Waals surface area contributed by atoms with Crippen LogP contribution in [0.15, 0.2) is 48.7 Å². The van der Waals surface area contributed by atoms with Gasteiger partial charge in [-0.1, -0.05) is 23.7 Å². The van der Waals surface area contributed by atoms with E-state index in [9.17, 15) is 9.50 Å². The van der Waals surface area contributed by atoms with Crippen molar-refractivity contribution in [2.24, 2.45) is 0 Å². The van der Waals surface area contributed by atoms with E-state index in [1.165, 1.54) is 12.1 Å². The zero-order valence-corrected chi connectivity index (χ0v) is 19.7. The molecule has 1 aliphatic heterocycles. The first kappa shape index (κ1) is 22.8. The molecule has 2 aromatic carbocycles. The van der Waals surface area contributed by atoms with Crippen molar-refractivity contribution in [2.75, 3.05) is 7.11 Å². The Balaban J connectivity index is 1.93. The van der Waals surface area contributed by atoms with Crippen molar-refractivity contribution in [2.45, 2.75) is 57.3 Å². The van der Waals surface area contributed by atoms with Gasteiger partial charge in [-0.3, -0.25) is 4.57 Å². The van der Waals surface area contributed by atoms with Gasteiger partial charge in [-0.25, -0.2) is 9.37 Å². The molecule has 1 aliphatic rings. The van der Waals surface area contributed by atoms with E-state index >= 15 is 0 Å². The second-order valence-corrected chi connectivity index (χ2v) is 10.0. The number of aliphatic hydroxyl groups is 1. The summed E-state index contributed by atoms with van der Waals surface area (Å²) in [5, 5.41) is 11.8. The maximum absolute atomic E-state index is 14.3. The smallest absolute Gasteiger partial charge is 0.148 e. The van der Waals surface area contributed by atoms with E-state index in [0.29, 0.717) is 35.8 Å². The topological polar surface area (TPSA) is 56.5 Å². The summed E-state index contributed by atoms with van der Waals surface area (Å²) in [7, 11) is 1.59. The highest BCUT2D eigenvalue weighted by Crippen LogP contribution is 2.47. The summed E-state index contributed by atoms with van der Waals surface area (Å²) < 4.78 is 27.8. The lowest BCUT2D eigenvalue weighted by molar-refractivity contribution is -0.224. The highest BCUT2D eigenvalue weighted by Gasteiger charge is 2.49. The Bertz CT molecular complexity index is 1140. The number of halogens is 2. The molecule has 1 N–H and O–H groups in total. The standard InChI is InChI=1S/C25H28ClFN2O3/c1-23(2)14-25(30,15-24(3,4)32-23)21-13-29(16-10-11-18(26)19(27)12-16)22(28-21)17-8-6-7-9-20(17)31-5/h6-13,30H,14-15H2,1-5H3. The lowest BCUT2D eigenvalue weighted by Crippen LogP contribution is -2.52. The molecule has 1 aromatic heterocycles. The molecule has 4 rings (SSSR count). The Labute approximate surface area is 192 Å². The SMILES string of the molecule is COc1ccccc1-c1nc(C2(O)CC(C)(C)OC(C)(C)C2)cn1-c1ccc(Cl)c(F)c1. The summed E-state index contributed by atoms with van der Waals surface area (Å²) >= 11 is 5.91. The highest BCUT2D eigenvalue weighted by atomic mass is 35.5. The minimum Gasteiger partial charge on any atom is -0.496 e. The van der Waals surface area contributed by atoms with Crippen LogP contribution in [0.25, 0.3) is 17.1 Å². The summed E-state index contributed by atoms with van der Waals surface area (Å²) in [4.78, 5) is 4.87. The molecule has 1 fully saturated rings. The van der Waals surface area contributed by atoms with Gasteiger partial charge in [-0.15, -0.1) is 0 Å². The van der Waals surface area contributed by atoms with Crippen LogP contribution in [-0.4, -0.2) is 33.0 Å². The molecule has 5 nitrogen and oxygen atoms in total. The first-order valence-corrected chi connectivity index (χ1v) is 10.9. The minimum absolute atomic E-state index is 0.0412. The zero-order chi connectivity index (χ0) is 23.3. The molecule has 0 unspecified atom stereocenters. The van der Waals surface area contributed by atoms with E-state index in [4.69, 9.17) is 26.1 Å². The second kappa shape index (κ2) is 7.87. The quantitative estimate of drug-likeness (QED) is 0.529. The molecule has 0 spiro atoms. The summed E-state index contributed by atoms with van der Waals surface area (Å²) in [6, 6.07) is 12.1. The largest absolute Gasteiger partial charge is 0.496 e. The van der Waals surface area contributed by atoms with Gasteiger partial charge in [0.25, 0.3) is 0 Å². The van der Waals surface area contributed by atoms with Gasteiger partial charge in [0.05, 0.1) is 40.3 Å². The minimum atomic E-state index is -1.22. The molecule has 0 atom stereocenters. The molecular formula is C25H28ClFN2O3. The van der Waals surface area contributed by atoms with Crippen LogP contribution in [0.5, 0.6) is 5.75 Å². The van der Waals surface area contributed by atoms with E-state index in [-0.39, 0.29) is 5.02 Å². The number of ether oxygens (including phenoxy) is 2. The lowest BCUT2D eigenvalue weighted by atomic mass is 9.76. The van der Waals surface area contributed by atoms with Crippen molar-refractivity contribution in [1.29, 1.82) is 0 Å². The first-order chi connectivity index (χ1) is 14.9. The zero-order valence-electron chi connectivity index (χ0n) is 18.9. The Kier molecular flexibility index (Phi) is 5.60. The second-order valence-electron chi connectivity index (χ2n) is 9.63. The highest BCUT2D eigenvalue weighted by molar-refractivity contribution is 6.30. The summed E-state index contributed by atoms with van der Waals surface area (Å²) in [6.45, 7) is 7.86. The van der Waals surface area contributed by atoms with Gasteiger partial charge >= 0.3 is 0 Å². The Hall–Kier alpha value is -2.41. The number of hydrogen-bond acceptors (Lipinski definition) is 4. The van der Waals surface area contributed by atoms with Gasteiger partial charge in [0.2, 0.25) is 0 Å². The molecule has 7 heteroatoms. The third-order valence-corrected chi connectivity index (χ3v) is 6.01. The average molecular weight is 459 g/mol. The lowest BCUT2D eigenvalue weighted by Gasteiger charge is -2.49. The van der Waals surface area contributed by atoms with Gasteiger partial charge in [0.1, 0.15) is 23.0 Å². The number of hydrogen-bond donors (Lipinski definition) is 1. The first-order valence-electron chi connectivity index (χ1n) is 10.5. The van der Waals surface area contributed by atoms with Gasteiger partial charge in [-0.2, -0.15) is 0 Å². The molecule has 1 saturated heterocycles.